The van der Waals surface area contributed by atoms with Crippen LogP contribution in [0.25, 0.3) is 32.7 Å². The van der Waals surface area contributed by atoms with Crippen LogP contribution in [0.2, 0.25) is 0 Å². The summed E-state index contributed by atoms with van der Waals surface area (Å²) in [6, 6.07) is 43.7. The molecule has 8 rings (SSSR count). The maximum absolute atomic E-state index is 4.64. The summed E-state index contributed by atoms with van der Waals surface area (Å²) in [4.78, 5) is 7.03. The van der Waals surface area contributed by atoms with Crippen molar-refractivity contribution in [1.29, 1.82) is 0 Å². The van der Waals surface area contributed by atoms with Crippen LogP contribution >= 0.6 is 0 Å². The number of nitrogens with zero attached hydrogens (tertiary/aromatic N) is 2. The molecule has 1 aliphatic carbocycles. The molecule has 0 fully saturated rings. The van der Waals surface area contributed by atoms with Crippen molar-refractivity contribution in [1.82, 2.24) is 10.6 Å². The number of benzene rings is 6. The van der Waals surface area contributed by atoms with Crippen molar-refractivity contribution >= 4 is 33.9 Å². The van der Waals surface area contributed by atoms with Gasteiger partial charge in [-0.15, -0.1) is 0 Å². The molecular weight excluding hydrogens is 609 g/mol. The largest absolute Gasteiger partial charge is 0.359 e. The summed E-state index contributed by atoms with van der Waals surface area (Å²) in [6.45, 7) is 15.8. The number of rotatable bonds is 9. The molecule has 50 heavy (non-hydrogen) atoms. The first kappa shape index (κ1) is 31.6. The van der Waals surface area contributed by atoms with E-state index in [0.29, 0.717) is 6.54 Å². The predicted molar refractivity (Wildman–Crippen MR) is 211 cm³/mol. The summed E-state index contributed by atoms with van der Waals surface area (Å²) in [5, 5.41) is 12.5. The highest BCUT2D eigenvalue weighted by atomic mass is 15.3. The molecule has 0 spiro atoms. The summed E-state index contributed by atoms with van der Waals surface area (Å²) < 4.78 is 0. The molecule has 4 nitrogen and oxygen atoms in total. The van der Waals surface area contributed by atoms with Gasteiger partial charge in [0.25, 0.3) is 0 Å². The Kier molecular flexibility index (Phi) is 7.97. The quantitative estimate of drug-likeness (QED) is 0.153. The highest BCUT2D eigenvalue weighted by molar-refractivity contribution is 6.12. The molecule has 2 unspecified atom stereocenters. The van der Waals surface area contributed by atoms with E-state index < -0.39 is 0 Å². The Labute approximate surface area is 295 Å². The fraction of sp³-hybridized carbons (Fsp3) is 0.152. The van der Waals surface area contributed by atoms with Crippen LogP contribution in [0.5, 0.6) is 0 Å². The highest BCUT2D eigenvalue weighted by Gasteiger charge is 2.41. The van der Waals surface area contributed by atoms with Crippen LogP contribution in [0.3, 0.4) is 0 Å². The van der Waals surface area contributed by atoms with Crippen LogP contribution in [-0.2, 0) is 12.0 Å². The summed E-state index contributed by atoms with van der Waals surface area (Å²) in [5.74, 6) is 0. The first-order valence-electron chi connectivity index (χ1n) is 17.4. The minimum atomic E-state index is -0.273. The van der Waals surface area contributed by atoms with Gasteiger partial charge in [-0.05, 0) is 98.9 Å². The average molecular weight is 651 g/mol. The van der Waals surface area contributed by atoms with E-state index in [1.54, 1.807) is 0 Å². The fourth-order valence-electron chi connectivity index (χ4n) is 8.17. The topological polar surface area (TPSA) is 39.7 Å². The van der Waals surface area contributed by atoms with E-state index in [0.717, 1.165) is 22.6 Å². The molecule has 0 bridgehead atoms. The van der Waals surface area contributed by atoms with Crippen molar-refractivity contribution in [2.24, 2.45) is 4.99 Å². The van der Waals surface area contributed by atoms with Crippen molar-refractivity contribution in [3.05, 3.63) is 185 Å². The summed E-state index contributed by atoms with van der Waals surface area (Å²) in [6.07, 6.45) is 5.81. The Morgan fingerprint density at radius 3 is 2.02 bits per heavy atom. The molecule has 4 heteroatoms. The van der Waals surface area contributed by atoms with Crippen molar-refractivity contribution in [3.8, 4) is 11.1 Å². The van der Waals surface area contributed by atoms with Crippen LogP contribution in [0.4, 0.5) is 5.69 Å². The van der Waals surface area contributed by atoms with Gasteiger partial charge >= 0.3 is 0 Å². The molecule has 0 aromatic heterocycles. The predicted octanol–water partition coefficient (Wildman–Crippen LogP) is 10.9. The zero-order valence-electron chi connectivity index (χ0n) is 28.9. The molecule has 1 heterocycles. The van der Waals surface area contributed by atoms with Crippen molar-refractivity contribution < 1.29 is 0 Å². The minimum Gasteiger partial charge on any atom is -0.359 e. The van der Waals surface area contributed by atoms with Gasteiger partial charge in [0.05, 0.1) is 11.4 Å². The molecule has 0 radical (unpaired) electrons. The Hall–Kier alpha value is -5.71. The minimum absolute atomic E-state index is 0.129. The van der Waals surface area contributed by atoms with Gasteiger partial charge in [0.15, 0.2) is 0 Å². The van der Waals surface area contributed by atoms with Gasteiger partial charge in [-0.25, -0.2) is 0 Å². The van der Waals surface area contributed by atoms with Gasteiger partial charge in [0.2, 0.25) is 0 Å². The maximum Gasteiger partial charge on any atom is 0.131 e. The van der Waals surface area contributed by atoms with Crippen LogP contribution in [0, 0.1) is 0 Å². The highest BCUT2D eigenvalue weighted by Crippen LogP contribution is 2.56. The van der Waals surface area contributed by atoms with Crippen LogP contribution in [-0.4, -0.2) is 6.72 Å². The van der Waals surface area contributed by atoms with Gasteiger partial charge in [-0.3, -0.25) is 10.3 Å². The molecule has 246 valence electrons. The number of anilines is 1. The number of aliphatic imine (C=N–C) groups is 1. The van der Waals surface area contributed by atoms with E-state index in [4.69, 9.17) is 0 Å². The number of fused-ring (bicyclic) bond motifs is 7. The Morgan fingerprint density at radius 1 is 0.800 bits per heavy atom. The van der Waals surface area contributed by atoms with Gasteiger partial charge in [-0.2, -0.15) is 0 Å². The Morgan fingerprint density at radius 2 is 1.38 bits per heavy atom. The number of para-hydroxylation sites is 1. The molecular formula is C46H42N4. The lowest BCUT2D eigenvalue weighted by molar-refractivity contribution is 0.559. The second-order valence-corrected chi connectivity index (χ2v) is 13.7. The monoisotopic (exact) mass is 650 g/mol. The molecule has 2 atom stereocenters. The zero-order chi connectivity index (χ0) is 34.4. The third-order valence-electron chi connectivity index (χ3n) is 10.5. The Balaban J connectivity index is 1.33. The SMILES string of the molecule is C=CC1=C(/C=C\C)NC(c2cc3c(c4ccccc24)-c2c(cc(C(N=C)NCc4ccccc4)c4ccccc24)C3(C)C)N1c1ccccc1. The second-order valence-electron chi connectivity index (χ2n) is 13.7. The third kappa shape index (κ3) is 4.98. The maximum atomic E-state index is 4.64. The molecule has 2 N–H and O–H groups in total. The lowest BCUT2D eigenvalue weighted by Crippen LogP contribution is -2.29. The molecule has 6 aromatic rings. The summed E-state index contributed by atoms with van der Waals surface area (Å²) in [7, 11) is 0. The van der Waals surface area contributed by atoms with E-state index in [2.05, 4.69) is 182 Å². The van der Waals surface area contributed by atoms with E-state index >= 15 is 0 Å². The first-order chi connectivity index (χ1) is 24.5. The fourth-order valence-corrected chi connectivity index (χ4v) is 8.17. The van der Waals surface area contributed by atoms with Crippen molar-refractivity contribution in [3.63, 3.8) is 0 Å². The lowest BCUT2D eigenvalue weighted by Gasteiger charge is -2.31. The van der Waals surface area contributed by atoms with Crippen LogP contribution < -0.4 is 15.5 Å². The van der Waals surface area contributed by atoms with Gasteiger partial charge in [-0.1, -0.05) is 130 Å². The van der Waals surface area contributed by atoms with E-state index in [-0.39, 0.29) is 17.7 Å². The van der Waals surface area contributed by atoms with E-state index in [1.807, 2.05) is 12.1 Å². The summed E-state index contributed by atoms with van der Waals surface area (Å²) >= 11 is 0. The van der Waals surface area contributed by atoms with E-state index in [1.165, 1.54) is 54.9 Å². The molecule has 0 saturated heterocycles. The number of allylic oxidation sites excluding steroid dienone is 3. The average Bonchev–Trinajstić information content (AvgIpc) is 3.63. The lowest BCUT2D eigenvalue weighted by atomic mass is 9.80. The van der Waals surface area contributed by atoms with Crippen molar-refractivity contribution in [2.45, 2.75) is 45.1 Å². The normalized spacial score (nSPS) is 16.9. The third-order valence-corrected chi connectivity index (χ3v) is 10.5. The second kappa shape index (κ2) is 12.6. The number of hydrogen-bond donors (Lipinski definition) is 2. The first-order valence-corrected chi connectivity index (χ1v) is 17.4. The molecule has 6 aromatic carbocycles. The number of nitrogens with one attached hydrogen (secondary N) is 2. The smallest absolute Gasteiger partial charge is 0.131 e. The van der Waals surface area contributed by atoms with E-state index in [9.17, 15) is 0 Å². The van der Waals surface area contributed by atoms with Gasteiger partial charge in [0.1, 0.15) is 12.3 Å². The van der Waals surface area contributed by atoms with Crippen LogP contribution in [0.1, 0.15) is 60.9 Å². The molecule has 0 saturated carbocycles. The Bertz CT molecular complexity index is 2330. The molecule has 0 amide bonds. The zero-order valence-corrected chi connectivity index (χ0v) is 28.9. The molecule has 2 aliphatic rings. The number of hydrogen-bond acceptors (Lipinski definition) is 4. The standard InChI is InChI=1S/C46H42N4/c1-6-18-40-41(7-2)50(31-21-12-9-13-22-31)45(49-40)37-28-39-43(35-26-17-15-24-33(35)37)42-34-25-16-14-23-32(34)36(27-38(42)46(39,3)4)44(47-5)48-29-30-19-10-8-11-20-30/h6-28,44-45,48-49H,2,5,29H2,1,3-4H3/b18-6-. The van der Waals surface area contributed by atoms with Gasteiger partial charge < -0.3 is 10.2 Å². The summed E-state index contributed by atoms with van der Waals surface area (Å²) in [5.41, 5.74) is 11.9. The van der Waals surface area contributed by atoms with Crippen LogP contribution in [0.15, 0.2) is 163 Å². The molecule has 1 aliphatic heterocycles. The van der Waals surface area contributed by atoms with Crippen molar-refractivity contribution in [2.75, 3.05) is 4.90 Å². The van der Waals surface area contributed by atoms with Gasteiger partial charge in [0, 0.05) is 23.2 Å².